The van der Waals surface area contributed by atoms with Crippen molar-refractivity contribution >= 4 is 19.7 Å². The fraction of sp³-hybridized carbons (Fsp3) is 1.00. The summed E-state index contributed by atoms with van der Waals surface area (Å²) in [6.07, 6.45) is 2.83. The molecule has 2 unspecified atom stereocenters. The molecule has 17 heavy (non-hydrogen) atoms. The standard InChI is InChI=1S/C12H25ClO3S/c1-10(2)9-12(4)16-7-5-11(3)6-8-17(13,14)15/h10-12H,5-9H2,1-4H3. The molecule has 0 aliphatic heterocycles. The van der Waals surface area contributed by atoms with E-state index >= 15 is 0 Å². The largest absolute Gasteiger partial charge is 0.378 e. The number of ether oxygens (including phenoxy) is 1. The maximum Gasteiger partial charge on any atom is 0.232 e. The monoisotopic (exact) mass is 284 g/mol. The summed E-state index contributed by atoms with van der Waals surface area (Å²) in [5.41, 5.74) is 0. The molecule has 0 aliphatic carbocycles. The number of rotatable bonds is 9. The molecule has 0 spiro atoms. The van der Waals surface area contributed by atoms with Crippen LogP contribution in [0.1, 0.15) is 47.0 Å². The van der Waals surface area contributed by atoms with Crippen molar-refractivity contribution in [2.75, 3.05) is 12.4 Å². The SMILES string of the molecule is CC(C)CC(C)OCCC(C)CCS(=O)(=O)Cl. The third kappa shape index (κ3) is 12.4. The lowest BCUT2D eigenvalue weighted by atomic mass is 10.1. The van der Waals surface area contributed by atoms with Gasteiger partial charge in [0.15, 0.2) is 0 Å². The fourth-order valence-electron chi connectivity index (χ4n) is 1.69. The molecule has 104 valence electrons. The van der Waals surface area contributed by atoms with Gasteiger partial charge in [0, 0.05) is 17.3 Å². The molecule has 0 saturated carbocycles. The van der Waals surface area contributed by atoms with E-state index in [4.69, 9.17) is 15.4 Å². The van der Waals surface area contributed by atoms with Gasteiger partial charge in [-0.3, -0.25) is 0 Å². The number of halogens is 1. The summed E-state index contributed by atoms with van der Waals surface area (Å²) in [4.78, 5) is 0. The maximum absolute atomic E-state index is 10.8. The third-order valence-electron chi connectivity index (χ3n) is 2.67. The molecular formula is C12H25ClO3S. The first-order valence-electron chi connectivity index (χ1n) is 6.24. The Hall–Kier alpha value is 0.200. The van der Waals surface area contributed by atoms with Gasteiger partial charge in [0.1, 0.15) is 0 Å². The highest BCUT2D eigenvalue weighted by Gasteiger charge is 2.11. The number of hydrogen-bond donors (Lipinski definition) is 0. The van der Waals surface area contributed by atoms with Crippen LogP contribution in [0.2, 0.25) is 0 Å². The fourth-order valence-corrected chi connectivity index (χ4v) is 2.64. The van der Waals surface area contributed by atoms with Gasteiger partial charge in [-0.1, -0.05) is 20.8 Å². The predicted octanol–water partition coefficient (Wildman–Crippen LogP) is 3.42. The Morgan fingerprint density at radius 2 is 1.71 bits per heavy atom. The first-order valence-corrected chi connectivity index (χ1v) is 8.72. The Balaban J connectivity index is 3.61. The molecule has 0 aromatic rings. The summed E-state index contributed by atoms with van der Waals surface area (Å²) in [5.74, 6) is 1.02. The first kappa shape index (κ1) is 17.2. The second kappa shape index (κ2) is 8.33. The zero-order valence-corrected chi connectivity index (χ0v) is 12.9. The molecule has 0 aromatic heterocycles. The van der Waals surface area contributed by atoms with Crippen LogP contribution in [0.25, 0.3) is 0 Å². The van der Waals surface area contributed by atoms with Crippen LogP contribution >= 0.6 is 10.7 Å². The lowest BCUT2D eigenvalue weighted by Crippen LogP contribution is -2.14. The molecular weight excluding hydrogens is 260 g/mol. The van der Waals surface area contributed by atoms with Gasteiger partial charge < -0.3 is 4.74 Å². The van der Waals surface area contributed by atoms with Gasteiger partial charge in [0.25, 0.3) is 0 Å². The molecule has 0 heterocycles. The minimum atomic E-state index is -3.35. The third-order valence-corrected chi connectivity index (χ3v) is 3.86. The van der Waals surface area contributed by atoms with Crippen LogP contribution in [-0.2, 0) is 13.8 Å². The maximum atomic E-state index is 10.8. The van der Waals surface area contributed by atoms with Gasteiger partial charge in [-0.05, 0) is 38.0 Å². The highest BCUT2D eigenvalue weighted by atomic mass is 35.7. The second-order valence-electron chi connectivity index (χ2n) is 5.24. The predicted molar refractivity (Wildman–Crippen MR) is 72.9 cm³/mol. The number of hydrogen-bond acceptors (Lipinski definition) is 3. The van der Waals surface area contributed by atoms with Crippen LogP contribution in [0.3, 0.4) is 0 Å². The lowest BCUT2D eigenvalue weighted by Gasteiger charge is -2.16. The summed E-state index contributed by atoms with van der Waals surface area (Å²) in [6.45, 7) is 9.14. The van der Waals surface area contributed by atoms with E-state index in [-0.39, 0.29) is 11.9 Å². The zero-order chi connectivity index (χ0) is 13.5. The van der Waals surface area contributed by atoms with Crippen molar-refractivity contribution in [1.29, 1.82) is 0 Å². The summed E-state index contributed by atoms with van der Waals surface area (Å²) in [5, 5.41) is 0. The zero-order valence-electron chi connectivity index (χ0n) is 11.3. The van der Waals surface area contributed by atoms with Crippen LogP contribution in [0.5, 0.6) is 0 Å². The molecule has 0 aromatic carbocycles. The average Bonchev–Trinajstić information content (AvgIpc) is 2.12. The normalized spacial score (nSPS) is 16.1. The quantitative estimate of drug-likeness (QED) is 0.609. The summed E-state index contributed by atoms with van der Waals surface area (Å²) in [7, 11) is 1.81. The first-order chi connectivity index (χ1) is 7.70. The molecule has 0 bridgehead atoms. The van der Waals surface area contributed by atoms with E-state index in [1.807, 2.05) is 6.92 Å². The van der Waals surface area contributed by atoms with Gasteiger partial charge in [0.05, 0.1) is 11.9 Å². The Bertz CT molecular complexity index is 288. The van der Waals surface area contributed by atoms with Crippen LogP contribution in [0.15, 0.2) is 0 Å². The molecule has 5 heteroatoms. The van der Waals surface area contributed by atoms with E-state index in [9.17, 15) is 8.42 Å². The summed E-state index contributed by atoms with van der Waals surface area (Å²) in [6, 6.07) is 0. The summed E-state index contributed by atoms with van der Waals surface area (Å²) < 4.78 is 27.2. The Labute approximate surface area is 110 Å². The van der Waals surface area contributed by atoms with Crippen molar-refractivity contribution in [2.24, 2.45) is 11.8 Å². The van der Waals surface area contributed by atoms with Crippen LogP contribution < -0.4 is 0 Å². The molecule has 2 atom stereocenters. The average molecular weight is 285 g/mol. The van der Waals surface area contributed by atoms with Crippen molar-refractivity contribution < 1.29 is 13.2 Å². The Morgan fingerprint density at radius 3 is 2.18 bits per heavy atom. The van der Waals surface area contributed by atoms with Gasteiger partial charge in [-0.2, -0.15) is 0 Å². The van der Waals surface area contributed by atoms with Crippen molar-refractivity contribution in [3.63, 3.8) is 0 Å². The van der Waals surface area contributed by atoms with Crippen molar-refractivity contribution in [3.8, 4) is 0 Å². The molecule has 0 radical (unpaired) electrons. The van der Waals surface area contributed by atoms with E-state index in [0.717, 1.165) is 12.8 Å². The van der Waals surface area contributed by atoms with Crippen molar-refractivity contribution in [2.45, 2.75) is 53.1 Å². The van der Waals surface area contributed by atoms with Gasteiger partial charge in [-0.25, -0.2) is 8.42 Å². The lowest BCUT2D eigenvalue weighted by molar-refractivity contribution is 0.0443. The molecule has 0 fully saturated rings. The van der Waals surface area contributed by atoms with Crippen molar-refractivity contribution in [1.82, 2.24) is 0 Å². The summed E-state index contributed by atoms with van der Waals surface area (Å²) >= 11 is 0. The van der Waals surface area contributed by atoms with E-state index < -0.39 is 9.05 Å². The van der Waals surface area contributed by atoms with E-state index in [0.29, 0.717) is 24.9 Å². The topological polar surface area (TPSA) is 43.4 Å². The molecule has 0 N–H and O–H groups in total. The van der Waals surface area contributed by atoms with Crippen LogP contribution in [0, 0.1) is 11.8 Å². The van der Waals surface area contributed by atoms with E-state index in [1.54, 1.807) is 0 Å². The Kier molecular flexibility index (Phi) is 8.43. The van der Waals surface area contributed by atoms with Gasteiger partial charge >= 0.3 is 0 Å². The van der Waals surface area contributed by atoms with Crippen LogP contribution in [-0.4, -0.2) is 26.9 Å². The minimum absolute atomic E-state index is 0.0528. The molecule has 0 amide bonds. The van der Waals surface area contributed by atoms with Crippen molar-refractivity contribution in [3.05, 3.63) is 0 Å². The van der Waals surface area contributed by atoms with Gasteiger partial charge in [-0.15, -0.1) is 0 Å². The highest BCUT2D eigenvalue weighted by molar-refractivity contribution is 8.13. The van der Waals surface area contributed by atoms with E-state index in [2.05, 4.69) is 20.8 Å². The minimum Gasteiger partial charge on any atom is -0.378 e. The molecule has 0 aliphatic rings. The molecule has 3 nitrogen and oxygen atoms in total. The second-order valence-corrected chi connectivity index (χ2v) is 8.13. The smallest absolute Gasteiger partial charge is 0.232 e. The molecule has 0 rings (SSSR count). The van der Waals surface area contributed by atoms with E-state index in [1.165, 1.54) is 0 Å². The molecule has 0 saturated heterocycles. The van der Waals surface area contributed by atoms with Gasteiger partial charge in [0.2, 0.25) is 9.05 Å². The Morgan fingerprint density at radius 1 is 1.12 bits per heavy atom. The highest BCUT2D eigenvalue weighted by Crippen LogP contribution is 2.13. The van der Waals surface area contributed by atoms with Crippen LogP contribution in [0.4, 0.5) is 0 Å².